The van der Waals surface area contributed by atoms with Gasteiger partial charge in [-0.2, -0.15) is 0 Å². The number of hydrogen-bond acceptors (Lipinski definition) is 4. The first kappa shape index (κ1) is 10.5. The van der Waals surface area contributed by atoms with Crippen LogP contribution in [-0.4, -0.2) is 20.3 Å². The van der Waals surface area contributed by atoms with Gasteiger partial charge in [0, 0.05) is 5.56 Å². The predicted molar refractivity (Wildman–Crippen MR) is 62.3 cm³/mol. The molecule has 76 valence electrons. The molecular weight excluding hydrogens is 326 g/mol. The number of nitrogens with zero attached hydrogens (tertiary/aromatic N) is 3. The summed E-state index contributed by atoms with van der Waals surface area (Å²) in [6, 6.07) is 3.51. The molecule has 0 amide bonds. The van der Waals surface area contributed by atoms with Gasteiger partial charge in [0.15, 0.2) is 0 Å². The third-order valence-corrected chi connectivity index (χ3v) is 3.00. The zero-order chi connectivity index (χ0) is 10.8. The zero-order valence-electron chi connectivity index (χ0n) is 7.35. The maximum absolute atomic E-state index is 9.53. The number of hydrogen-bond donors (Lipinski definition) is 1. The van der Waals surface area contributed by atoms with Gasteiger partial charge in [0.2, 0.25) is 0 Å². The van der Waals surface area contributed by atoms with E-state index in [9.17, 15) is 5.11 Å². The van der Waals surface area contributed by atoms with Crippen LogP contribution in [0.2, 0.25) is 0 Å². The maximum Gasteiger partial charge on any atom is 0.143 e. The van der Waals surface area contributed by atoms with Crippen molar-refractivity contribution in [3.05, 3.63) is 33.6 Å². The van der Waals surface area contributed by atoms with Gasteiger partial charge in [0.05, 0.1) is 15.1 Å². The maximum atomic E-state index is 9.53. The Hall–Kier alpha value is -1.01. The second-order valence-corrected chi connectivity index (χ2v) is 4.49. The molecule has 0 spiro atoms. The van der Waals surface area contributed by atoms with Crippen molar-refractivity contribution in [1.29, 1.82) is 0 Å². The average molecular weight is 331 g/mol. The van der Waals surface area contributed by atoms with E-state index in [1.54, 1.807) is 18.3 Å². The van der Waals surface area contributed by atoms with Crippen LogP contribution in [0.1, 0.15) is 0 Å². The molecule has 0 aliphatic rings. The second kappa shape index (κ2) is 4.24. The van der Waals surface area contributed by atoms with Gasteiger partial charge in [-0.15, -0.1) is 10.2 Å². The average Bonchev–Trinajstić information content (AvgIpc) is 2.26. The minimum atomic E-state index is 0.163. The summed E-state index contributed by atoms with van der Waals surface area (Å²) in [4.78, 5) is 3.88. The molecule has 0 aliphatic carbocycles. The lowest BCUT2D eigenvalue weighted by molar-refractivity contribution is 0.468. The summed E-state index contributed by atoms with van der Waals surface area (Å²) < 4.78 is 1.19. The van der Waals surface area contributed by atoms with Crippen molar-refractivity contribution in [1.82, 2.24) is 15.2 Å². The molecule has 0 radical (unpaired) electrons. The summed E-state index contributed by atoms with van der Waals surface area (Å²) in [7, 11) is 0. The summed E-state index contributed by atoms with van der Waals surface area (Å²) in [6.45, 7) is 0. The fraction of sp³-hybridized carbons (Fsp3) is 0. The van der Waals surface area contributed by atoms with E-state index in [1.165, 1.54) is 6.33 Å². The Balaban J connectivity index is 2.56. The Bertz CT molecular complexity index is 467. The molecule has 1 heterocycles. The molecule has 4 nitrogen and oxygen atoms in total. The van der Waals surface area contributed by atoms with Crippen molar-refractivity contribution < 1.29 is 5.11 Å². The predicted octanol–water partition coefficient (Wildman–Crippen LogP) is 2.77. The van der Waals surface area contributed by atoms with Gasteiger partial charge in [-0.3, -0.25) is 0 Å². The summed E-state index contributed by atoms with van der Waals surface area (Å²) in [5.41, 5.74) is 1.48. The lowest BCUT2D eigenvalue weighted by Gasteiger charge is -2.04. The first-order chi connectivity index (χ1) is 7.18. The molecule has 1 aromatic carbocycles. The van der Waals surface area contributed by atoms with E-state index in [4.69, 9.17) is 0 Å². The van der Waals surface area contributed by atoms with Crippen LogP contribution in [0.5, 0.6) is 5.75 Å². The monoisotopic (exact) mass is 329 g/mol. The molecule has 2 rings (SSSR count). The Morgan fingerprint density at radius 2 is 1.80 bits per heavy atom. The first-order valence-electron chi connectivity index (χ1n) is 3.99. The summed E-state index contributed by atoms with van der Waals surface area (Å²) >= 11 is 6.49. The van der Waals surface area contributed by atoms with E-state index < -0.39 is 0 Å². The minimum Gasteiger partial charge on any atom is -0.506 e. The van der Waals surface area contributed by atoms with Crippen LogP contribution >= 0.6 is 31.9 Å². The molecule has 0 aliphatic heterocycles. The number of benzene rings is 1. The van der Waals surface area contributed by atoms with Gasteiger partial charge in [-0.25, -0.2) is 4.98 Å². The summed E-state index contributed by atoms with van der Waals surface area (Å²) in [6.07, 6.45) is 2.98. The van der Waals surface area contributed by atoms with E-state index >= 15 is 0 Å². The largest absolute Gasteiger partial charge is 0.506 e. The Morgan fingerprint density at radius 3 is 2.33 bits per heavy atom. The fourth-order valence-electron chi connectivity index (χ4n) is 1.09. The quantitative estimate of drug-likeness (QED) is 0.873. The van der Waals surface area contributed by atoms with Gasteiger partial charge < -0.3 is 5.11 Å². The van der Waals surface area contributed by atoms with E-state index in [2.05, 4.69) is 47.0 Å². The molecule has 1 aromatic heterocycles. The minimum absolute atomic E-state index is 0.163. The lowest BCUT2D eigenvalue weighted by Crippen LogP contribution is -1.88. The van der Waals surface area contributed by atoms with E-state index in [0.29, 0.717) is 14.6 Å². The van der Waals surface area contributed by atoms with E-state index in [1.807, 2.05) is 0 Å². The highest BCUT2D eigenvalue weighted by Gasteiger charge is 2.08. The van der Waals surface area contributed by atoms with Crippen LogP contribution in [0.3, 0.4) is 0 Å². The van der Waals surface area contributed by atoms with Crippen LogP contribution in [0.15, 0.2) is 33.6 Å². The van der Waals surface area contributed by atoms with E-state index in [-0.39, 0.29) is 5.75 Å². The van der Waals surface area contributed by atoms with Crippen LogP contribution in [0.4, 0.5) is 0 Å². The molecule has 0 unspecified atom stereocenters. The van der Waals surface area contributed by atoms with Crippen LogP contribution in [0.25, 0.3) is 11.3 Å². The van der Waals surface area contributed by atoms with Gasteiger partial charge in [-0.05, 0) is 44.0 Å². The van der Waals surface area contributed by atoms with Gasteiger partial charge in [-0.1, -0.05) is 0 Å². The third kappa shape index (κ3) is 2.15. The highest BCUT2D eigenvalue weighted by molar-refractivity contribution is 9.11. The normalized spacial score (nSPS) is 10.3. The number of aromatic hydroxyl groups is 1. The van der Waals surface area contributed by atoms with Crippen LogP contribution in [-0.2, 0) is 0 Å². The van der Waals surface area contributed by atoms with Crippen molar-refractivity contribution in [2.45, 2.75) is 0 Å². The van der Waals surface area contributed by atoms with Crippen molar-refractivity contribution >= 4 is 31.9 Å². The molecular formula is C9H5Br2N3O. The highest BCUT2D eigenvalue weighted by Crippen LogP contribution is 2.35. The van der Waals surface area contributed by atoms with E-state index in [0.717, 1.165) is 5.56 Å². The number of rotatable bonds is 1. The van der Waals surface area contributed by atoms with Crippen molar-refractivity contribution in [3.8, 4) is 17.0 Å². The van der Waals surface area contributed by atoms with Crippen molar-refractivity contribution in [2.75, 3.05) is 0 Å². The zero-order valence-corrected chi connectivity index (χ0v) is 10.5. The fourth-order valence-corrected chi connectivity index (χ4v) is 2.28. The number of phenols is 1. The molecule has 2 aromatic rings. The van der Waals surface area contributed by atoms with Gasteiger partial charge in [0.25, 0.3) is 0 Å². The second-order valence-electron chi connectivity index (χ2n) is 2.78. The van der Waals surface area contributed by atoms with Crippen LogP contribution in [0, 0.1) is 0 Å². The Morgan fingerprint density at radius 1 is 1.13 bits per heavy atom. The molecule has 0 bridgehead atoms. The molecule has 1 N–H and O–H groups in total. The molecule has 15 heavy (non-hydrogen) atoms. The SMILES string of the molecule is Oc1c(Br)cc(-c2cncnn2)cc1Br. The van der Waals surface area contributed by atoms with Crippen molar-refractivity contribution in [3.63, 3.8) is 0 Å². The summed E-state index contributed by atoms with van der Waals surface area (Å²) in [5, 5.41) is 17.1. The molecule has 0 atom stereocenters. The smallest absolute Gasteiger partial charge is 0.143 e. The first-order valence-corrected chi connectivity index (χ1v) is 5.58. The number of aromatic nitrogens is 3. The number of phenolic OH excluding ortho intramolecular Hbond substituents is 1. The Labute approximate surface area is 103 Å². The van der Waals surface area contributed by atoms with Gasteiger partial charge in [0.1, 0.15) is 17.8 Å². The molecule has 0 saturated heterocycles. The number of halogens is 2. The third-order valence-electron chi connectivity index (χ3n) is 1.79. The molecule has 0 fully saturated rings. The highest BCUT2D eigenvalue weighted by atomic mass is 79.9. The van der Waals surface area contributed by atoms with Crippen LogP contribution < -0.4 is 0 Å². The Kier molecular flexibility index (Phi) is 2.97. The van der Waals surface area contributed by atoms with Crippen molar-refractivity contribution in [2.24, 2.45) is 0 Å². The summed E-state index contributed by atoms with van der Waals surface area (Å²) in [5.74, 6) is 0.163. The topological polar surface area (TPSA) is 58.9 Å². The molecule has 6 heteroatoms. The van der Waals surface area contributed by atoms with Gasteiger partial charge >= 0.3 is 0 Å². The lowest BCUT2D eigenvalue weighted by atomic mass is 10.1. The molecule has 0 saturated carbocycles. The standard InChI is InChI=1S/C9H5Br2N3O/c10-6-1-5(2-7(11)9(6)15)8-3-12-4-13-14-8/h1-4,15H.